The van der Waals surface area contributed by atoms with Gasteiger partial charge in [0.05, 0.1) is 0 Å². The first-order valence-electron chi connectivity index (χ1n) is 0.783. The summed E-state index contributed by atoms with van der Waals surface area (Å²) in [4.78, 5) is 21.6. The first-order valence-corrected chi connectivity index (χ1v) is 2.35. The second-order valence-corrected chi connectivity index (χ2v) is 1.54. The van der Waals surface area contributed by atoms with Gasteiger partial charge in [0.25, 0.3) is 0 Å². The molecule has 0 aromatic rings. The van der Waals surface area contributed by atoms with E-state index >= 15 is 0 Å². The van der Waals surface area contributed by atoms with E-state index in [9.17, 15) is 0 Å². The van der Waals surface area contributed by atoms with Crippen molar-refractivity contribution in [3.63, 3.8) is 0 Å². The molecule has 0 aromatic carbocycles. The van der Waals surface area contributed by atoms with E-state index in [0.717, 1.165) is 0 Å². The maximum absolute atomic E-state index is 8.88. The van der Waals surface area contributed by atoms with Gasteiger partial charge in [-0.15, -0.1) is 0 Å². The molecule has 48 valence electrons. The average molecular weight is 178 g/mol. The van der Waals surface area contributed by atoms with Crippen molar-refractivity contribution in [3.05, 3.63) is 0 Å². The van der Waals surface area contributed by atoms with Crippen LogP contribution in [0.25, 0.3) is 0 Å². The van der Waals surface area contributed by atoms with Crippen molar-refractivity contribution in [1.82, 2.24) is 0 Å². The van der Waals surface area contributed by atoms with E-state index < -0.39 is 7.82 Å². The van der Waals surface area contributed by atoms with Gasteiger partial charge in [-0.25, -0.2) is 4.57 Å². The molecule has 0 bridgehead atoms. The van der Waals surface area contributed by atoms with Crippen LogP contribution in [0.15, 0.2) is 0 Å². The Hall–Kier alpha value is 1.17. The Balaban J connectivity index is -0.0000000133. The van der Waals surface area contributed by atoms with Gasteiger partial charge in [-0.1, -0.05) is 0 Å². The third-order valence-electron chi connectivity index (χ3n) is 0. The Kier molecular flexibility index (Phi) is 23.4. The van der Waals surface area contributed by atoms with Crippen LogP contribution in [-0.2, 0) is 21.9 Å². The van der Waals surface area contributed by atoms with E-state index in [1.165, 1.54) is 0 Å². The summed E-state index contributed by atoms with van der Waals surface area (Å²) >= 11 is 0. The van der Waals surface area contributed by atoms with E-state index in [1.807, 2.05) is 0 Å². The fourth-order valence-corrected chi connectivity index (χ4v) is 0. The van der Waals surface area contributed by atoms with Gasteiger partial charge in [0.1, 0.15) is 0 Å². The Morgan fingerprint density at radius 3 is 1.25 bits per heavy atom. The van der Waals surface area contributed by atoms with Crippen molar-refractivity contribution in [1.29, 1.82) is 0 Å². The second-order valence-electron chi connectivity index (χ2n) is 0.513. The van der Waals surface area contributed by atoms with Gasteiger partial charge in [0, 0.05) is 17.4 Å². The monoisotopic (exact) mass is 178 g/mol. The van der Waals surface area contributed by atoms with Crippen LogP contribution in [0.4, 0.5) is 4.70 Å². The standard InChI is InChI=1S/Cr.FH.Li.H3O4P.H/c;;;1-5(2,3)4;/h;1H;;(H3,1,2,3,4);/q;;+1;;-1. The Labute approximate surface area is 69.7 Å². The van der Waals surface area contributed by atoms with E-state index in [-0.39, 0.29) is 42.4 Å². The van der Waals surface area contributed by atoms with Gasteiger partial charge in [0.15, 0.2) is 0 Å². The quantitative estimate of drug-likeness (QED) is 0.264. The van der Waals surface area contributed by atoms with E-state index in [0.29, 0.717) is 0 Å². The van der Waals surface area contributed by atoms with Gasteiger partial charge >= 0.3 is 26.7 Å². The van der Waals surface area contributed by atoms with E-state index in [4.69, 9.17) is 19.2 Å². The first kappa shape index (κ1) is 22.9. The van der Waals surface area contributed by atoms with Crippen molar-refractivity contribution < 1.29 is 61.6 Å². The number of rotatable bonds is 0. The zero-order chi connectivity index (χ0) is 4.50. The van der Waals surface area contributed by atoms with Crippen LogP contribution in [-0.4, -0.2) is 14.7 Å². The summed E-state index contributed by atoms with van der Waals surface area (Å²) in [7, 11) is -4.64. The van der Waals surface area contributed by atoms with Gasteiger partial charge < -0.3 is 16.1 Å². The van der Waals surface area contributed by atoms with Crippen LogP contribution in [0, 0.1) is 0 Å². The van der Waals surface area contributed by atoms with Crippen molar-refractivity contribution in [2.75, 3.05) is 0 Å². The number of phosphoric acid groups is 1. The number of halogens is 1. The Morgan fingerprint density at radius 1 is 1.25 bits per heavy atom. The van der Waals surface area contributed by atoms with Crippen molar-refractivity contribution in [2.24, 2.45) is 0 Å². The molecular formula is H5CrFLiO4P. The molecule has 0 aromatic heterocycles. The van der Waals surface area contributed by atoms with Crippen LogP contribution < -0.4 is 18.9 Å². The molecule has 0 rings (SSSR count). The Bertz CT molecular complexity index is 66.7. The van der Waals surface area contributed by atoms with Gasteiger partial charge in [0.2, 0.25) is 0 Å². The summed E-state index contributed by atoms with van der Waals surface area (Å²) in [5.41, 5.74) is 0. The molecule has 0 fully saturated rings. The van der Waals surface area contributed by atoms with Crippen LogP contribution >= 0.6 is 7.82 Å². The van der Waals surface area contributed by atoms with E-state index in [1.54, 1.807) is 0 Å². The summed E-state index contributed by atoms with van der Waals surface area (Å²) in [6, 6.07) is 0. The maximum atomic E-state index is 8.88. The molecule has 0 aliphatic heterocycles. The fourth-order valence-electron chi connectivity index (χ4n) is 0. The van der Waals surface area contributed by atoms with Crippen molar-refractivity contribution in [2.45, 2.75) is 0 Å². The van der Waals surface area contributed by atoms with Crippen LogP contribution in [0.2, 0.25) is 0 Å². The summed E-state index contributed by atoms with van der Waals surface area (Å²) in [5.74, 6) is 0. The number of hydrogen-bond donors (Lipinski definition) is 3. The molecule has 8 heavy (non-hydrogen) atoms. The summed E-state index contributed by atoms with van der Waals surface area (Å²) in [6.45, 7) is 0. The zero-order valence-corrected chi connectivity index (χ0v) is 6.18. The molecular weight excluding hydrogens is 173 g/mol. The third kappa shape index (κ3) is 199. The summed E-state index contributed by atoms with van der Waals surface area (Å²) in [5, 5.41) is 0. The van der Waals surface area contributed by atoms with Crippen molar-refractivity contribution in [3.8, 4) is 0 Å². The molecule has 0 atom stereocenters. The minimum Gasteiger partial charge on any atom is -1.00 e. The predicted molar refractivity (Wildman–Crippen MR) is 17.9 cm³/mol. The predicted octanol–water partition coefficient (Wildman–Crippen LogP) is -3.66. The minimum atomic E-state index is -4.64. The minimum absolute atomic E-state index is 0. The maximum Gasteiger partial charge on any atom is 1.00 e. The molecule has 0 saturated heterocycles. The fraction of sp³-hybridized carbons (Fsp3) is 0. The largest absolute Gasteiger partial charge is 1.00 e. The van der Waals surface area contributed by atoms with Gasteiger partial charge in [-0.05, 0) is 0 Å². The molecule has 3 N–H and O–H groups in total. The smallest absolute Gasteiger partial charge is 1.00 e. The summed E-state index contributed by atoms with van der Waals surface area (Å²) in [6.07, 6.45) is 0. The molecule has 0 amide bonds. The zero-order valence-electron chi connectivity index (χ0n) is 5.01. The molecule has 0 saturated carbocycles. The molecule has 0 aliphatic carbocycles. The van der Waals surface area contributed by atoms with Crippen LogP contribution in [0.3, 0.4) is 0 Å². The van der Waals surface area contributed by atoms with Crippen molar-refractivity contribution >= 4 is 7.82 Å². The van der Waals surface area contributed by atoms with E-state index in [2.05, 4.69) is 0 Å². The first-order chi connectivity index (χ1) is 2.00. The molecule has 0 heterocycles. The molecule has 4 nitrogen and oxygen atoms in total. The molecule has 8 heteroatoms. The topological polar surface area (TPSA) is 77.8 Å². The molecule has 0 spiro atoms. The van der Waals surface area contributed by atoms with Crippen LogP contribution in [0.1, 0.15) is 1.43 Å². The molecule has 0 unspecified atom stereocenters. The second kappa shape index (κ2) is 8.17. The average Bonchev–Trinajstić information content (AvgIpc) is 0.722. The molecule has 0 aliphatic rings. The SMILES string of the molecule is F.O=P(O)(O)O.[Cr].[H-].[Li+]. The Morgan fingerprint density at radius 2 is 1.25 bits per heavy atom. The van der Waals surface area contributed by atoms with Crippen LogP contribution in [0.5, 0.6) is 0 Å². The van der Waals surface area contributed by atoms with Gasteiger partial charge in [-0.2, -0.15) is 0 Å². The van der Waals surface area contributed by atoms with Gasteiger partial charge in [-0.3, -0.25) is 4.70 Å². The number of hydrogen-bond acceptors (Lipinski definition) is 1. The normalized spacial score (nSPS) is 7.38. The summed E-state index contributed by atoms with van der Waals surface area (Å²) < 4.78 is 8.88. The third-order valence-corrected chi connectivity index (χ3v) is 0. The molecule has 0 radical (unpaired) electrons.